The van der Waals surface area contributed by atoms with E-state index >= 15 is 0 Å². The zero-order valence-corrected chi connectivity index (χ0v) is 12.6. The van der Waals surface area contributed by atoms with Crippen molar-refractivity contribution in [1.29, 1.82) is 0 Å². The molecule has 2 aromatic rings. The molecule has 0 atom stereocenters. The highest BCUT2D eigenvalue weighted by atomic mass is 32.2. The minimum atomic E-state index is -3.72. The summed E-state index contributed by atoms with van der Waals surface area (Å²) in [5.41, 5.74) is 2.27. The van der Waals surface area contributed by atoms with E-state index in [1.807, 2.05) is 6.07 Å². The van der Waals surface area contributed by atoms with Crippen molar-refractivity contribution in [3.05, 3.63) is 47.7 Å². The van der Waals surface area contributed by atoms with Crippen LogP contribution in [-0.4, -0.2) is 20.5 Å². The van der Waals surface area contributed by atoms with Crippen LogP contribution < -0.4 is 15.2 Å². The van der Waals surface area contributed by atoms with Crippen molar-refractivity contribution < 1.29 is 13.2 Å². The average Bonchev–Trinajstić information content (AvgIpc) is 2.45. The maximum atomic E-state index is 11.5. The molecular weight excluding hydrogens is 290 g/mol. The third-order valence-corrected chi connectivity index (χ3v) is 4.14. The second-order valence-electron chi connectivity index (χ2n) is 4.54. The second kappa shape index (κ2) is 6.11. The van der Waals surface area contributed by atoms with Crippen molar-refractivity contribution in [2.24, 2.45) is 5.14 Å². The monoisotopic (exact) mass is 307 g/mol. The fourth-order valence-electron chi connectivity index (χ4n) is 1.95. The van der Waals surface area contributed by atoms with E-state index in [0.29, 0.717) is 18.0 Å². The Morgan fingerprint density at radius 2 is 2.05 bits per heavy atom. The maximum absolute atomic E-state index is 11.5. The molecule has 0 aliphatic heterocycles. The quantitative estimate of drug-likeness (QED) is 0.876. The Kier molecular flexibility index (Phi) is 4.44. The highest BCUT2D eigenvalue weighted by Crippen LogP contribution is 2.22. The third kappa shape index (κ3) is 3.71. The van der Waals surface area contributed by atoms with Gasteiger partial charge in [-0.15, -0.1) is 0 Å². The number of ether oxygens (including phenoxy) is 1. The van der Waals surface area contributed by atoms with Crippen molar-refractivity contribution >= 4 is 15.7 Å². The predicted octanol–water partition coefficient (Wildman–Crippen LogP) is 1.66. The Morgan fingerprint density at radius 3 is 2.62 bits per heavy atom. The molecule has 0 aliphatic carbocycles. The topological polar surface area (TPSA) is 94.3 Å². The van der Waals surface area contributed by atoms with E-state index in [0.717, 1.165) is 11.3 Å². The normalized spacial score (nSPS) is 11.2. The Balaban J connectivity index is 2.16. The molecule has 0 saturated heterocycles. The van der Waals surface area contributed by atoms with Crippen LogP contribution in [0.4, 0.5) is 5.69 Å². The molecule has 0 amide bonds. The van der Waals surface area contributed by atoms with Crippen molar-refractivity contribution in [3.8, 4) is 5.88 Å². The lowest BCUT2D eigenvalue weighted by Gasteiger charge is -2.12. The molecule has 0 fully saturated rings. The van der Waals surface area contributed by atoms with E-state index < -0.39 is 10.0 Å². The van der Waals surface area contributed by atoms with E-state index in [1.165, 1.54) is 6.07 Å². The van der Waals surface area contributed by atoms with Gasteiger partial charge in [0.2, 0.25) is 15.9 Å². The summed E-state index contributed by atoms with van der Waals surface area (Å²) in [6.45, 7) is 2.24. The summed E-state index contributed by atoms with van der Waals surface area (Å²) in [4.78, 5) is 4.24. The molecular formula is C14H17N3O3S. The number of benzene rings is 1. The maximum Gasteiger partial charge on any atom is 0.238 e. The number of sulfonamides is 1. The first kappa shape index (κ1) is 15.3. The number of rotatable bonds is 5. The van der Waals surface area contributed by atoms with Gasteiger partial charge in [-0.3, -0.25) is 0 Å². The number of hydrogen-bond acceptors (Lipinski definition) is 5. The first-order valence-corrected chi connectivity index (χ1v) is 7.81. The standard InChI is InChI=1S/C14H17N3O3S/c1-10-12(4-3-5-13(10)21(15,18)19)16-8-11-6-7-14(20-2)17-9-11/h3-7,9,16H,8H2,1-2H3,(H2,15,18,19). The molecule has 112 valence electrons. The number of nitrogens with two attached hydrogens (primary N) is 1. The van der Waals surface area contributed by atoms with Gasteiger partial charge in [0.05, 0.1) is 12.0 Å². The van der Waals surface area contributed by atoms with E-state index in [-0.39, 0.29) is 4.90 Å². The van der Waals surface area contributed by atoms with Crippen LogP contribution in [0.25, 0.3) is 0 Å². The predicted molar refractivity (Wildman–Crippen MR) is 80.7 cm³/mol. The fourth-order valence-corrected chi connectivity index (χ4v) is 2.75. The van der Waals surface area contributed by atoms with E-state index in [1.54, 1.807) is 38.4 Å². The summed E-state index contributed by atoms with van der Waals surface area (Å²) in [6, 6.07) is 8.61. The molecule has 0 bridgehead atoms. The van der Waals surface area contributed by atoms with Crippen LogP contribution in [0.2, 0.25) is 0 Å². The van der Waals surface area contributed by atoms with Crippen molar-refractivity contribution in [3.63, 3.8) is 0 Å². The number of nitrogens with zero attached hydrogens (tertiary/aromatic N) is 1. The van der Waals surface area contributed by atoms with E-state index in [2.05, 4.69) is 10.3 Å². The van der Waals surface area contributed by atoms with Crippen molar-refractivity contribution in [2.45, 2.75) is 18.4 Å². The summed E-state index contributed by atoms with van der Waals surface area (Å²) in [6.07, 6.45) is 1.70. The molecule has 1 heterocycles. The number of pyridine rings is 1. The Bertz CT molecular complexity index is 728. The van der Waals surface area contributed by atoms with Gasteiger partial charge in [0.1, 0.15) is 0 Å². The highest BCUT2D eigenvalue weighted by molar-refractivity contribution is 7.89. The van der Waals surface area contributed by atoms with Gasteiger partial charge in [-0.05, 0) is 30.2 Å². The smallest absolute Gasteiger partial charge is 0.238 e. The lowest BCUT2D eigenvalue weighted by molar-refractivity contribution is 0.397. The minimum absolute atomic E-state index is 0.125. The number of nitrogens with one attached hydrogen (secondary N) is 1. The Labute approximate surface area is 124 Å². The molecule has 0 saturated carbocycles. The van der Waals surface area contributed by atoms with Crippen LogP contribution in [0.3, 0.4) is 0 Å². The van der Waals surface area contributed by atoms with Crippen LogP contribution in [0.15, 0.2) is 41.4 Å². The molecule has 7 heteroatoms. The molecule has 0 radical (unpaired) electrons. The zero-order valence-electron chi connectivity index (χ0n) is 11.8. The molecule has 0 aliphatic rings. The number of aromatic nitrogens is 1. The summed E-state index contributed by atoms with van der Waals surface area (Å²) in [7, 11) is -2.16. The summed E-state index contributed by atoms with van der Waals surface area (Å²) < 4.78 is 27.9. The molecule has 1 aromatic carbocycles. The molecule has 0 spiro atoms. The van der Waals surface area contributed by atoms with Gasteiger partial charge in [0.25, 0.3) is 0 Å². The molecule has 21 heavy (non-hydrogen) atoms. The second-order valence-corrected chi connectivity index (χ2v) is 6.07. The van der Waals surface area contributed by atoms with Gasteiger partial charge >= 0.3 is 0 Å². The SMILES string of the molecule is COc1ccc(CNc2cccc(S(N)(=O)=O)c2C)cn1. The highest BCUT2D eigenvalue weighted by Gasteiger charge is 2.13. The molecule has 6 nitrogen and oxygen atoms in total. The average molecular weight is 307 g/mol. The van der Waals surface area contributed by atoms with Crippen LogP contribution in [0.5, 0.6) is 5.88 Å². The lowest BCUT2D eigenvalue weighted by Crippen LogP contribution is -2.14. The van der Waals surface area contributed by atoms with Crippen LogP contribution in [0, 0.1) is 6.92 Å². The first-order chi connectivity index (χ1) is 9.91. The van der Waals surface area contributed by atoms with E-state index in [9.17, 15) is 8.42 Å². The number of hydrogen-bond donors (Lipinski definition) is 2. The first-order valence-electron chi connectivity index (χ1n) is 6.27. The summed E-state index contributed by atoms with van der Waals surface area (Å²) in [5.74, 6) is 0.547. The molecule has 2 rings (SSSR count). The zero-order chi connectivity index (χ0) is 15.5. The molecule has 3 N–H and O–H groups in total. The largest absolute Gasteiger partial charge is 0.481 e. The van der Waals surface area contributed by atoms with Gasteiger partial charge in [-0.1, -0.05) is 12.1 Å². The summed E-state index contributed by atoms with van der Waals surface area (Å²) in [5, 5.41) is 8.36. The van der Waals surface area contributed by atoms with Crippen molar-refractivity contribution in [1.82, 2.24) is 4.98 Å². The Hall–Kier alpha value is -2.12. The van der Waals surface area contributed by atoms with Gasteiger partial charge in [0.15, 0.2) is 0 Å². The van der Waals surface area contributed by atoms with Gasteiger partial charge in [0, 0.05) is 24.5 Å². The number of methoxy groups -OCH3 is 1. The Morgan fingerprint density at radius 1 is 1.29 bits per heavy atom. The van der Waals surface area contributed by atoms with Crippen LogP contribution in [-0.2, 0) is 16.6 Å². The minimum Gasteiger partial charge on any atom is -0.481 e. The fraction of sp³-hybridized carbons (Fsp3) is 0.214. The van der Waals surface area contributed by atoms with Gasteiger partial charge in [-0.25, -0.2) is 18.5 Å². The number of primary sulfonamides is 1. The summed E-state index contributed by atoms with van der Waals surface area (Å²) >= 11 is 0. The van der Waals surface area contributed by atoms with Crippen molar-refractivity contribution in [2.75, 3.05) is 12.4 Å². The van der Waals surface area contributed by atoms with Gasteiger partial charge < -0.3 is 10.1 Å². The lowest BCUT2D eigenvalue weighted by atomic mass is 10.2. The van der Waals surface area contributed by atoms with Crippen LogP contribution >= 0.6 is 0 Å². The third-order valence-electron chi connectivity index (χ3n) is 3.08. The molecule has 1 aromatic heterocycles. The molecule has 0 unspecified atom stereocenters. The van der Waals surface area contributed by atoms with E-state index in [4.69, 9.17) is 9.88 Å². The van der Waals surface area contributed by atoms with Crippen LogP contribution in [0.1, 0.15) is 11.1 Å². The van der Waals surface area contributed by atoms with Gasteiger partial charge in [-0.2, -0.15) is 0 Å². The number of anilines is 1.